The van der Waals surface area contributed by atoms with Gasteiger partial charge in [0.2, 0.25) is 11.8 Å². The van der Waals surface area contributed by atoms with Gasteiger partial charge in [-0.2, -0.15) is 0 Å². The second-order valence-electron chi connectivity index (χ2n) is 6.07. The van der Waals surface area contributed by atoms with Gasteiger partial charge in [-0.3, -0.25) is 9.59 Å². The van der Waals surface area contributed by atoms with Crippen LogP contribution in [0.1, 0.15) is 44.2 Å². The first-order valence-electron chi connectivity index (χ1n) is 8.64. The highest BCUT2D eigenvalue weighted by molar-refractivity contribution is 5.79. The van der Waals surface area contributed by atoms with Gasteiger partial charge >= 0.3 is 0 Å². The van der Waals surface area contributed by atoms with Gasteiger partial charge in [0.05, 0.1) is 6.04 Å². The van der Waals surface area contributed by atoms with Crippen molar-refractivity contribution in [2.24, 2.45) is 0 Å². The van der Waals surface area contributed by atoms with Crippen LogP contribution in [0.5, 0.6) is 0 Å². The number of hydrogen-bond donors (Lipinski definition) is 2. The van der Waals surface area contributed by atoms with Gasteiger partial charge in [-0.15, -0.1) is 0 Å². The zero-order chi connectivity index (χ0) is 17.4. The molecule has 6 heteroatoms. The number of nitrogens with one attached hydrogen (secondary N) is 2. The number of carbonyl (C=O) groups is 2. The Hall–Kier alpha value is -1.95. The largest absolute Gasteiger partial charge is 0.356 e. The Balaban J connectivity index is 1.90. The Morgan fingerprint density at radius 3 is 2.96 bits per heavy atom. The molecular weight excluding hydrogens is 309 g/mol. The Kier molecular flexibility index (Phi) is 7.18. The number of carbonyl (C=O) groups excluding carboxylic acids is 2. The summed E-state index contributed by atoms with van der Waals surface area (Å²) in [6.45, 7) is 4.62. The van der Waals surface area contributed by atoms with E-state index < -0.39 is 0 Å². The van der Waals surface area contributed by atoms with E-state index in [0.29, 0.717) is 38.9 Å². The summed E-state index contributed by atoms with van der Waals surface area (Å²) in [6, 6.07) is 6.24. The first-order chi connectivity index (χ1) is 11.6. The van der Waals surface area contributed by atoms with Crippen LogP contribution in [0.25, 0.3) is 0 Å². The molecule has 2 rings (SSSR count). The van der Waals surface area contributed by atoms with Crippen molar-refractivity contribution in [3.8, 4) is 0 Å². The van der Waals surface area contributed by atoms with Crippen molar-refractivity contribution in [1.82, 2.24) is 15.5 Å². The van der Waals surface area contributed by atoms with Crippen molar-refractivity contribution in [3.05, 3.63) is 35.6 Å². The van der Waals surface area contributed by atoms with Crippen molar-refractivity contribution < 1.29 is 14.0 Å². The molecule has 1 aliphatic heterocycles. The molecule has 1 aliphatic rings. The van der Waals surface area contributed by atoms with Crippen LogP contribution < -0.4 is 10.6 Å². The predicted molar refractivity (Wildman–Crippen MR) is 90.9 cm³/mol. The fourth-order valence-electron chi connectivity index (χ4n) is 2.91. The van der Waals surface area contributed by atoms with Crippen LogP contribution in [-0.2, 0) is 9.59 Å². The molecule has 1 unspecified atom stereocenters. The zero-order valence-electron chi connectivity index (χ0n) is 14.2. The van der Waals surface area contributed by atoms with Gasteiger partial charge in [0.15, 0.2) is 0 Å². The lowest BCUT2D eigenvalue weighted by Gasteiger charge is -2.36. The number of benzene rings is 1. The van der Waals surface area contributed by atoms with Crippen LogP contribution in [0.15, 0.2) is 24.3 Å². The first-order valence-corrected chi connectivity index (χ1v) is 8.64. The summed E-state index contributed by atoms with van der Waals surface area (Å²) in [5.74, 6) is -0.279. The fraction of sp³-hybridized carbons (Fsp3) is 0.556. The average Bonchev–Trinajstić information content (AvgIpc) is 2.60. The van der Waals surface area contributed by atoms with E-state index in [2.05, 4.69) is 10.6 Å². The number of rotatable bonds is 7. The van der Waals surface area contributed by atoms with Crippen LogP contribution in [0, 0.1) is 5.82 Å². The van der Waals surface area contributed by atoms with Gasteiger partial charge in [0.1, 0.15) is 5.82 Å². The molecule has 1 aromatic rings. The van der Waals surface area contributed by atoms with E-state index >= 15 is 0 Å². The van der Waals surface area contributed by atoms with Crippen LogP contribution in [0.3, 0.4) is 0 Å². The van der Waals surface area contributed by atoms with Crippen LogP contribution >= 0.6 is 0 Å². The van der Waals surface area contributed by atoms with Gasteiger partial charge in [-0.05, 0) is 30.5 Å². The predicted octanol–water partition coefficient (Wildman–Crippen LogP) is 2.00. The van der Waals surface area contributed by atoms with Crippen molar-refractivity contribution in [1.29, 1.82) is 0 Å². The monoisotopic (exact) mass is 335 g/mol. The third kappa shape index (κ3) is 5.30. The molecule has 0 saturated carbocycles. The molecule has 24 heavy (non-hydrogen) atoms. The third-order valence-electron chi connectivity index (χ3n) is 4.16. The molecule has 1 heterocycles. The molecule has 0 bridgehead atoms. The maximum absolute atomic E-state index is 13.5. The number of nitrogens with zero attached hydrogens (tertiary/aromatic N) is 1. The molecule has 0 aromatic heterocycles. The van der Waals surface area contributed by atoms with Gasteiger partial charge in [-0.1, -0.05) is 19.1 Å². The Morgan fingerprint density at radius 1 is 1.38 bits per heavy atom. The average molecular weight is 335 g/mol. The highest BCUT2D eigenvalue weighted by Crippen LogP contribution is 2.24. The van der Waals surface area contributed by atoms with Crippen LogP contribution in [0.4, 0.5) is 4.39 Å². The minimum absolute atomic E-state index is 0.00774. The second kappa shape index (κ2) is 9.37. The highest BCUT2D eigenvalue weighted by atomic mass is 19.1. The summed E-state index contributed by atoms with van der Waals surface area (Å²) in [6.07, 6.45) is 2.14. The smallest absolute Gasteiger partial charge is 0.223 e. The molecule has 0 radical (unpaired) electrons. The summed E-state index contributed by atoms with van der Waals surface area (Å²) in [5, 5.41) is 6.07. The summed E-state index contributed by atoms with van der Waals surface area (Å²) < 4.78 is 13.5. The molecule has 1 saturated heterocycles. The van der Waals surface area contributed by atoms with Crippen LogP contribution in [0.2, 0.25) is 0 Å². The highest BCUT2D eigenvalue weighted by Gasteiger charge is 2.27. The summed E-state index contributed by atoms with van der Waals surface area (Å²) >= 11 is 0. The van der Waals surface area contributed by atoms with Gasteiger partial charge in [-0.25, -0.2) is 4.39 Å². The van der Waals surface area contributed by atoms with Crippen molar-refractivity contribution >= 4 is 11.8 Å². The first kappa shape index (κ1) is 18.4. The Bertz CT molecular complexity index is 565. The van der Waals surface area contributed by atoms with Gasteiger partial charge in [0, 0.05) is 39.0 Å². The molecule has 132 valence electrons. The molecule has 2 amide bonds. The van der Waals surface area contributed by atoms with Gasteiger partial charge in [0.25, 0.3) is 0 Å². The third-order valence-corrected chi connectivity index (χ3v) is 4.16. The molecule has 1 fully saturated rings. The van der Waals surface area contributed by atoms with E-state index in [1.807, 2.05) is 13.0 Å². The maximum Gasteiger partial charge on any atom is 0.223 e. The van der Waals surface area contributed by atoms with E-state index in [4.69, 9.17) is 0 Å². The molecule has 0 spiro atoms. The van der Waals surface area contributed by atoms with Crippen LogP contribution in [-0.4, -0.2) is 42.9 Å². The SMILES string of the molecule is CCCNC(=O)CCCC(=O)N1CCNCC1c1cccc(F)c1. The summed E-state index contributed by atoms with van der Waals surface area (Å²) in [7, 11) is 0. The number of halogens is 1. The Morgan fingerprint density at radius 2 is 2.21 bits per heavy atom. The summed E-state index contributed by atoms with van der Waals surface area (Å²) in [4.78, 5) is 25.9. The molecule has 2 N–H and O–H groups in total. The Labute approximate surface area is 142 Å². The standard InChI is InChI=1S/C18H26FN3O2/c1-2-9-21-17(23)7-4-8-18(24)22-11-10-20-13-16(22)14-5-3-6-15(19)12-14/h3,5-6,12,16,20H,2,4,7-11,13H2,1H3,(H,21,23). The maximum atomic E-state index is 13.5. The molecule has 0 aliphatic carbocycles. The fourth-order valence-corrected chi connectivity index (χ4v) is 2.91. The second-order valence-corrected chi connectivity index (χ2v) is 6.07. The summed E-state index contributed by atoms with van der Waals surface area (Å²) in [5.41, 5.74) is 0.802. The molecule has 1 aromatic carbocycles. The van der Waals surface area contributed by atoms with E-state index in [1.54, 1.807) is 11.0 Å². The van der Waals surface area contributed by atoms with E-state index in [-0.39, 0.29) is 23.7 Å². The van der Waals surface area contributed by atoms with E-state index in [1.165, 1.54) is 12.1 Å². The zero-order valence-corrected chi connectivity index (χ0v) is 14.2. The van der Waals surface area contributed by atoms with Crippen molar-refractivity contribution in [2.75, 3.05) is 26.2 Å². The van der Waals surface area contributed by atoms with Crippen molar-refractivity contribution in [3.63, 3.8) is 0 Å². The lowest BCUT2D eigenvalue weighted by Crippen LogP contribution is -2.48. The minimum Gasteiger partial charge on any atom is -0.356 e. The number of hydrogen-bond acceptors (Lipinski definition) is 3. The quantitative estimate of drug-likeness (QED) is 0.801. The van der Waals surface area contributed by atoms with E-state index in [0.717, 1.165) is 18.5 Å². The van der Waals surface area contributed by atoms with Gasteiger partial charge < -0.3 is 15.5 Å². The van der Waals surface area contributed by atoms with E-state index in [9.17, 15) is 14.0 Å². The molecule has 5 nitrogen and oxygen atoms in total. The number of amides is 2. The normalized spacial score (nSPS) is 17.6. The lowest BCUT2D eigenvalue weighted by molar-refractivity contribution is -0.134. The lowest BCUT2D eigenvalue weighted by atomic mass is 10.0. The number of piperazine rings is 1. The molecule has 1 atom stereocenters. The minimum atomic E-state index is -0.293. The molecular formula is C18H26FN3O2. The van der Waals surface area contributed by atoms with Crippen molar-refractivity contribution in [2.45, 2.75) is 38.6 Å². The topological polar surface area (TPSA) is 61.4 Å².